The lowest BCUT2D eigenvalue weighted by atomic mass is 10.1. The SMILES string of the molecule is CN=C(NCc1ccc(C(=O)OC)cc1)N(C)Cc1cc(Br)cn1C. The quantitative estimate of drug-likeness (QED) is 0.471. The first-order chi connectivity index (χ1) is 11.9. The van der Waals surface area contributed by atoms with Gasteiger partial charge < -0.3 is 19.5 Å². The van der Waals surface area contributed by atoms with Gasteiger partial charge in [-0.2, -0.15) is 0 Å². The van der Waals surface area contributed by atoms with Gasteiger partial charge >= 0.3 is 5.97 Å². The molecule has 0 saturated carbocycles. The molecule has 6 nitrogen and oxygen atoms in total. The molecule has 1 N–H and O–H groups in total. The van der Waals surface area contributed by atoms with Crippen LogP contribution < -0.4 is 5.32 Å². The summed E-state index contributed by atoms with van der Waals surface area (Å²) < 4.78 is 7.85. The monoisotopic (exact) mass is 406 g/mol. The molecule has 2 rings (SSSR count). The number of ether oxygens (including phenoxy) is 1. The van der Waals surface area contributed by atoms with Gasteiger partial charge in [0, 0.05) is 44.1 Å². The lowest BCUT2D eigenvalue weighted by Crippen LogP contribution is -2.38. The number of halogens is 1. The van der Waals surface area contributed by atoms with Gasteiger partial charge in [-0.25, -0.2) is 4.79 Å². The molecule has 1 aromatic carbocycles. The molecule has 0 aliphatic rings. The summed E-state index contributed by atoms with van der Waals surface area (Å²) >= 11 is 3.49. The van der Waals surface area contributed by atoms with Gasteiger partial charge in [0.1, 0.15) is 0 Å². The number of benzene rings is 1. The van der Waals surface area contributed by atoms with Crippen LogP contribution in [-0.4, -0.2) is 42.6 Å². The largest absolute Gasteiger partial charge is 0.465 e. The first kappa shape index (κ1) is 19.1. The van der Waals surface area contributed by atoms with Crippen LogP contribution in [-0.2, 0) is 24.9 Å². The van der Waals surface area contributed by atoms with Gasteiger partial charge in [-0.05, 0) is 39.7 Å². The Labute approximate surface area is 156 Å². The highest BCUT2D eigenvalue weighted by Crippen LogP contribution is 2.15. The fourth-order valence-electron chi connectivity index (χ4n) is 2.48. The van der Waals surface area contributed by atoms with E-state index in [1.807, 2.05) is 32.4 Å². The van der Waals surface area contributed by atoms with Crippen molar-refractivity contribution in [2.24, 2.45) is 12.0 Å². The van der Waals surface area contributed by atoms with E-state index < -0.39 is 0 Å². The van der Waals surface area contributed by atoms with Crippen LogP contribution in [0.2, 0.25) is 0 Å². The molecule has 1 aromatic heterocycles. The van der Waals surface area contributed by atoms with Gasteiger partial charge in [0.2, 0.25) is 0 Å². The summed E-state index contributed by atoms with van der Waals surface area (Å²) in [4.78, 5) is 17.9. The van der Waals surface area contributed by atoms with E-state index in [2.05, 4.69) is 41.8 Å². The molecular weight excluding hydrogens is 384 g/mol. The number of nitrogens with one attached hydrogen (secondary N) is 1. The second-order valence-corrected chi connectivity index (χ2v) is 6.62. The van der Waals surface area contributed by atoms with Gasteiger partial charge in [0.15, 0.2) is 5.96 Å². The number of nitrogens with zero attached hydrogens (tertiary/aromatic N) is 3. The van der Waals surface area contributed by atoms with E-state index in [0.717, 1.165) is 22.5 Å². The standard InChI is InChI=1S/C18H23BrN4O2/c1-20-18(23(3)12-16-9-15(19)11-22(16)2)21-10-13-5-7-14(8-6-13)17(24)25-4/h5-9,11H,10,12H2,1-4H3,(H,20,21). The van der Waals surface area contributed by atoms with E-state index in [4.69, 9.17) is 4.74 Å². The molecule has 0 bridgehead atoms. The van der Waals surface area contributed by atoms with Crippen LogP contribution >= 0.6 is 15.9 Å². The van der Waals surface area contributed by atoms with Gasteiger partial charge in [-0.15, -0.1) is 0 Å². The summed E-state index contributed by atoms with van der Waals surface area (Å²) in [7, 11) is 7.16. The van der Waals surface area contributed by atoms with Crippen LogP contribution in [0.5, 0.6) is 0 Å². The van der Waals surface area contributed by atoms with Crippen LogP contribution in [0.3, 0.4) is 0 Å². The van der Waals surface area contributed by atoms with Crippen LogP contribution in [0.15, 0.2) is 46.0 Å². The molecule has 0 amide bonds. The molecule has 2 aromatic rings. The van der Waals surface area contributed by atoms with Crippen molar-refractivity contribution in [2.75, 3.05) is 21.2 Å². The van der Waals surface area contributed by atoms with Gasteiger partial charge in [0.05, 0.1) is 19.2 Å². The molecule has 0 atom stereocenters. The zero-order chi connectivity index (χ0) is 18.4. The highest BCUT2D eigenvalue weighted by molar-refractivity contribution is 9.10. The zero-order valence-electron chi connectivity index (χ0n) is 14.9. The van der Waals surface area contributed by atoms with Crippen molar-refractivity contribution in [3.63, 3.8) is 0 Å². The minimum atomic E-state index is -0.330. The summed E-state index contributed by atoms with van der Waals surface area (Å²) in [5, 5.41) is 3.33. The van der Waals surface area contributed by atoms with Crippen molar-refractivity contribution in [1.29, 1.82) is 0 Å². The third-order valence-electron chi connectivity index (χ3n) is 3.87. The summed E-state index contributed by atoms with van der Waals surface area (Å²) in [5.41, 5.74) is 2.78. The third-order valence-corrected chi connectivity index (χ3v) is 4.31. The van der Waals surface area contributed by atoms with Crippen LogP contribution in [0.4, 0.5) is 0 Å². The summed E-state index contributed by atoms with van der Waals surface area (Å²) in [6.07, 6.45) is 2.03. The van der Waals surface area contributed by atoms with Gasteiger partial charge in [-0.1, -0.05) is 12.1 Å². The highest BCUT2D eigenvalue weighted by Gasteiger charge is 2.10. The number of aryl methyl sites for hydroxylation is 1. The first-order valence-electron chi connectivity index (χ1n) is 7.84. The lowest BCUT2D eigenvalue weighted by molar-refractivity contribution is 0.0600. The number of carbonyl (C=O) groups is 1. The fraction of sp³-hybridized carbons (Fsp3) is 0.333. The van der Waals surface area contributed by atoms with E-state index in [9.17, 15) is 4.79 Å². The van der Waals surface area contributed by atoms with E-state index in [1.54, 1.807) is 19.2 Å². The maximum absolute atomic E-state index is 11.5. The minimum Gasteiger partial charge on any atom is -0.465 e. The maximum Gasteiger partial charge on any atom is 0.337 e. The fourth-order valence-corrected chi connectivity index (χ4v) is 3.05. The van der Waals surface area contributed by atoms with Crippen LogP contribution in [0.1, 0.15) is 21.6 Å². The molecule has 0 spiro atoms. The molecule has 0 radical (unpaired) electrons. The normalized spacial score (nSPS) is 11.3. The third kappa shape index (κ3) is 5.09. The second kappa shape index (κ2) is 8.71. The Bertz CT molecular complexity index is 753. The van der Waals surface area contributed by atoms with E-state index in [0.29, 0.717) is 12.1 Å². The van der Waals surface area contributed by atoms with Gasteiger partial charge in [-0.3, -0.25) is 4.99 Å². The van der Waals surface area contributed by atoms with Crippen LogP contribution in [0, 0.1) is 0 Å². The average Bonchev–Trinajstić information content (AvgIpc) is 2.92. The van der Waals surface area contributed by atoms with Crippen LogP contribution in [0.25, 0.3) is 0 Å². The number of guanidine groups is 1. The summed E-state index contributed by atoms with van der Waals surface area (Å²) in [6, 6.07) is 9.42. The number of rotatable bonds is 5. The Morgan fingerprint density at radius 2 is 2.04 bits per heavy atom. The summed E-state index contributed by atoms with van der Waals surface area (Å²) in [5.74, 6) is 0.471. The molecule has 0 saturated heterocycles. The minimum absolute atomic E-state index is 0.330. The number of hydrogen-bond acceptors (Lipinski definition) is 3. The van der Waals surface area contributed by atoms with Crippen molar-refractivity contribution in [2.45, 2.75) is 13.1 Å². The predicted molar refractivity (Wildman–Crippen MR) is 103 cm³/mol. The lowest BCUT2D eigenvalue weighted by Gasteiger charge is -2.22. The second-order valence-electron chi connectivity index (χ2n) is 5.71. The molecule has 0 aliphatic carbocycles. The first-order valence-corrected chi connectivity index (χ1v) is 8.63. The van der Waals surface area contributed by atoms with E-state index in [1.165, 1.54) is 12.8 Å². The molecule has 7 heteroatoms. The van der Waals surface area contributed by atoms with Crippen molar-refractivity contribution in [1.82, 2.24) is 14.8 Å². The van der Waals surface area contributed by atoms with E-state index in [-0.39, 0.29) is 5.97 Å². The molecule has 0 unspecified atom stereocenters. The number of hydrogen-bond donors (Lipinski definition) is 1. The number of esters is 1. The Morgan fingerprint density at radius 3 is 2.56 bits per heavy atom. The van der Waals surface area contributed by atoms with Crippen molar-refractivity contribution < 1.29 is 9.53 Å². The Hall–Kier alpha value is -2.28. The molecule has 0 fully saturated rings. The molecular formula is C18H23BrN4O2. The zero-order valence-corrected chi connectivity index (χ0v) is 16.5. The van der Waals surface area contributed by atoms with Crippen molar-refractivity contribution >= 4 is 27.9 Å². The molecule has 134 valence electrons. The number of carbonyl (C=O) groups excluding carboxylic acids is 1. The van der Waals surface area contributed by atoms with Crippen molar-refractivity contribution in [3.8, 4) is 0 Å². The Morgan fingerprint density at radius 1 is 1.36 bits per heavy atom. The highest BCUT2D eigenvalue weighted by atomic mass is 79.9. The van der Waals surface area contributed by atoms with Gasteiger partial charge in [0.25, 0.3) is 0 Å². The Kier molecular flexibility index (Phi) is 6.64. The number of aliphatic imine (C=N–C) groups is 1. The smallest absolute Gasteiger partial charge is 0.337 e. The Balaban J connectivity index is 1.95. The predicted octanol–water partition coefficient (Wildman–Crippen LogP) is 2.78. The molecule has 1 heterocycles. The van der Waals surface area contributed by atoms with E-state index >= 15 is 0 Å². The molecule has 0 aliphatic heterocycles. The summed E-state index contributed by atoms with van der Waals surface area (Å²) in [6.45, 7) is 1.36. The molecule has 25 heavy (non-hydrogen) atoms. The topological polar surface area (TPSA) is 58.9 Å². The number of methoxy groups -OCH3 is 1. The average molecular weight is 407 g/mol. The maximum atomic E-state index is 11.5. The number of aromatic nitrogens is 1. The van der Waals surface area contributed by atoms with Crippen molar-refractivity contribution in [3.05, 3.63) is 57.8 Å².